The van der Waals surface area contributed by atoms with Gasteiger partial charge in [-0.3, -0.25) is 19.8 Å². The molecule has 1 saturated heterocycles. The van der Waals surface area contributed by atoms with Gasteiger partial charge in [0.2, 0.25) is 11.8 Å². The molecule has 0 atom stereocenters. The van der Waals surface area contributed by atoms with Gasteiger partial charge in [-0.2, -0.15) is 0 Å². The Hall–Kier alpha value is -1.99. The summed E-state index contributed by atoms with van der Waals surface area (Å²) in [4.78, 5) is 29.2. The van der Waals surface area contributed by atoms with E-state index in [1.807, 2.05) is 11.0 Å². The highest BCUT2D eigenvalue weighted by Crippen LogP contribution is 2.21. The number of hydrogen-bond acceptors (Lipinski definition) is 6. The van der Waals surface area contributed by atoms with Crippen molar-refractivity contribution in [3.63, 3.8) is 0 Å². The van der Waals surface area contributed by atoms with Crippen LogP contribution in [0.3, 0.4) is 0 Å². The Morgan fingerprint density at radius 3 is 2.79 bits per heavy atom. The minimum absolute atomic E-state index is 0.190. The van der Waals surface area contributed by atoms with E-state index in [4.69, 9.17) is 5.84 Å². The zero-order valence-corrected chi connectivity index (χ0v) is 10.9. The Bertz CT molecular complexity index is 497. The molecular weight excluding hydrogens is 246 g/mol. The van der Waals surface area contributed by atoms with Crippen molar-refractivity contribution in [1.29, 1.82) is 0 Å². The molecule has 0 unspecified atom stereocenters. The molecule has 1 aromatic heterocycles. The predicted molar refractivity (Wildman–Crippen MR) is 69.7 cm³/mol. The number of nitrogens with two attached hydrogens (primary N) is 1. The fraction of sp³-hybridized carbons (Fsp3) is 0.417. The molecule has 0 spiro atoms. The smallest absolute Gasteiger partial charge is 0.246 e. The Morgan fingerprint density at radius 1 is 1.47 bits per heavy atom. The van der Waals surface area contributed by atoms with Gasteiger partial charge in [-0.25, -0.2) is 10.8 Å². The number of carbonyl (C=O) groups is 2. The van der Waals surface area contributed by atoms with Crippen LogP contribution in [0.25, 0.3) is 0 Å². The van der Waals surface area contributed by atoms with Crippen molar-refractivity contribution >= 4 is 17.6 Å². The first kappa shape index (κ1) is 13.4. The van der Waals surface area contributed by atoms with E-state index in [2.05, 4.69) is 15.7 Å². The number of nitrogen functional groups attached to an aromatic ring is 1. The third-order valence-electron chi connectivity index (χ3n) is 3.28. The first-order valence-electron chi connectivity index (χ1n) is 5.94. The molecule has 1 fully saturated rings. The Morgan fingerprint density at radius 2 is 2.21 bits per heavy atom. The monoisotopic (exact) mass is 263 g/mol. The SMILES string of the molecule is CC1(C)C(=O)NC(=O)CN1Cc1ccc(NN)nc1. The summed E-state index contributed by atoms with van der Waals surface area (Å²) in [5.74, 6) is 5.25. The number of rotatable bonds is 3. The normalized spacial score (nSPS) is 19.1. The number of hydrogen-bond donors (Lipinski definition) is 3. The number of aromatic nitrogens is 1. The van der Waals surface area contributed by atoms with Crippen LogP contribution in [0.4, 0.5) is 5.82 Å². The van der Waals surface area contributed by atoms with Crippen LogP contribution in [0, 0.1) is 0 Å². The molecule has 2 heterocycles. The van der Waals surface area contributed by atoms with Crippen LogP contribution >= 0.6 is 0 Å². The summed E-state index contributed by atoms with van der Waals surface area (Å²) in [6.07, 6.45) is 1.67. The molecule has 7 heteroatoms. The topological polar surface area (TPSA) is 100 Å². The van der Waals surface area contributed by atoms with Crippen molar-refractivity contribution in [2.45, 2.75) is 25.9 Å². The number of pyridine rings is 1. The van der Waals surface area contributed by atoms with Gasteiger partial charge in [0.1, 0.15) is 5.82 Å². The van der Waals surface area contributed by atoms with E-state index in [-0.39, 0.29) is 18.4 Å². The van der Waals surface area contributed by atoms with Crippen LogP contribution in [0.15, 0.2) is 18.3 Å². The lowest BCUT2D eigenvalue weighted by molar-refractivity contribution is -0.145. The maximum atomic E-state index is 11.8. The van der Waals surface area contributed by atoms with E-state index in [0.717, 1.165) is 5.56 Å². The quantitative estimate of drug-likeness (QED) is 0.390. The Labute approximate surface area is 111 Å². The molecule has 1 aliphatic rings. The van der Waals surface area contributed by atoms with Crippen LogP contribution in [0.5, 0.6) is 0 Å². The number of anilines is 1. The molecule has 0 aromatic carbocycles. The van der Waals surface area contributed by atoms with E-state index in [1.165, 1.54) is 0 Å². The van der Waals surface area contributed by atoms with Gasteiger partial charge in [-0.1, -0.05) is 6.07 Å². The molecule has 4 N–H and O–H groups in total. The standard InChI is InChI=1S/C12H17N5O2/c1-12(2)11(19)15-10(18)7-17(12)6-8-3-4-9(16-13)14-5-8/h3-5H,6-7,13H2,1-2H3,(H,14,16)(H,15,18,19). The molecule has 0 aliphatic carbocycles. The average Bonchev–Trinajstić information content (AvgIpc) is 2.37. The molecule has 1 aromatic rings. The van der Waals surface area contributed by atoms with Gasteiger partial charge in [0.25, 0.3) is 0 Å². The van der Waals surface area contributed by atoms with Gasteiger partial charge in [0.05, 0.1) is 12.1 Å². The summed E-state index contributed by atoms with van der Waals surface area (Å²) >= 11 is 0. The Kier molecular flexibility index (Phi) is 3.50. The molecule has 102 valence electrons. The highest BCUT2D eigenvalue weighted by Gasteiger charge is 2.40. The van der Waals surface area contributed by atoms with Crippen LogP contribution in [-0.2, 0) is 16.1 Å². The molecule has 1 aliphatic heterocycles. The molecule has 0 radical (unpaired) electrons. The van der Waals surface area contributed by atoms with E-state index < -0.39 is 5.54 Å². The van der Waals surface area contributed by atoms with Crippen molar-refractivity contribution < 1.29 is 9.59 Å². The lowest BCUT2D eigenvalue weighted by Gasteiger charge is -2.40. The minimum atomic E-state index is -0.724. The molecular formula is C12H17N5O2. The van der Waals surface area contributed by atoms with Crippen molar-refractivity contribution in [2.75, 3.05) is 12.0 Å². The van der Waals surface area contributed by atoms with E-state index in [1.54, 1.807) is 26.1 Å². The lowest BCUT2D eigenvalue weighted by Crippen LogP contribution is -2.63. The maximum absolute atomic E-state index is 11.8. The van der Waals surface area contributed by atoms with Crippen molar-refractivity contribution in [2.24, 2.45) is 5.84 Å². The average molecular weight is 263 g/mol. The van der Waals surface area contributed by atoms with Crippen molar-refractivity contribution in [3.8, 4) is 0 Å². The molecule has 19 heavy (non-hydrogen) atoms. The fourth-order valence-corrected chi connectivity index (χ4v) is 1.91. The molecule has 2 amide bonds. The van der Waals surface area contributed by atoms with E-state index in [0.29, 0.717) is 12.4 Å². The summed E-state index contributed by atoms with van der Waals surface area (Å²) in [6, 6.07) is 3.60. The summed E-state index contributed by atoms with van der Waals surface area (Å²) in [5, 5.41) is 2.34. The zero-order chi connectivity index (χ0) is 14.0. The van der Waals surface area contributed by atoms with Crippen molar-refractivity contribution in [3.05, 3.63) is 23.9 Å². The first-order valence-corrected chi connectivity index (χ1v) is 5.94. The number of imide groups is 1. The number of carbonyl (C=O) groups excluding carboxylic acids is 2. The molecule has 2 rings (SSSR count). The van der Waals surface area contributed by atoms with Gasteiger partial charge in [0.15, 0.2) is 0 Å². The second kappa shape index (κ2) is 4.94. The number of nitrogens with one attached hydrogen (secondary N) is 2. The summed E-state index contributed by atoms with van der Waals surface area (Å²) < 4.78 is 0. The summed E-state index contributed by atoms with van der Waals surface area (Å²) in [5.41, 5.74) is 2.63. The number of amides is 2. The third kappa shape index (κ3) is 2.72. The van der Waals surface area contributed by atoms with Crippen LogP contribution < -0.4 is 16.6 Å². The van der Waals surface area contributed by atoms with Crippen LogP contribution in [0.1, 0.15) is 19.4 Å². The zero-order valence-electron chi connectivity index (χ0n) is 10.9. The van der Waals surface area contributed by atoms with E-state index in [9.17, 15) is 9.59 Å². The third-order valence-corrected chi connectivity index (χ3v) is 3.28. The Balaban J connectivity index is 2.15. The largest absolute Gasteiger partial charge is 0.308 e. The highest BCUT2D eigenvalue weighted by molar-refractivity contribution is 6.02. The lowest BCUT2D eigenvalue weighted by atomic mass is 9.98. The fourth-order valence-electron chi connectivity index (χ4n) is 1.91. The first-order chi connectivity index (χ1) is 8.93. The van der Waals surface area contributed by atoms with Gasteiger partial charge < -0.3 is 5.43 Å². The van der Waals surface area contributed by atoms with Gasteiger partial charge >= 0.3 is 0 Å². The summed E-state index contributed by atoms with van der Waals surface area (Å²) in [7, 11) is 0. The van der Waals surface area contributed by atoms with Crippen LogP contribution in [-0.4, -0.2) is 33.8 Å². The number of piperazine rings is 1. The van der Waals surface area contributed by atoms with E-state index >= 15 is 0 Å². The molecule has 0 bridgehead atoms. The van der Waals surface area contributed by atoms with Gasteiger partial charge in [-0.15, -0.1) is 0 Å². The van der Waals surface area contributed by atoms with Crippen molar-refractivity contribution in [1.82, 2.24) is 15.2 Å². The van der Waals surface area contributed by atoms with Crippen LogP contribution in [0.2, 0.25) is 0 Å². The minimum Gasteiger partial charge on any atom is -0.308 e. The highest BCUT2D eigenvalue weighted by atomic mass is 16.2. The number of hydrazine groups is 1. The number of nitrogens with zero attached hydrogens (tertiary/aromatic N) is 2. The predicted octanol–water partition coefficient (Wildman–Crippen LogP) is -0.396. The maximum Gasteiger partial charge on any atom is 0.246 e. The second-order valence-electron chi connectivity index (χ2n) is 4.99. The second-order valence-corrected chi connectivity index (χ2v) is 4.99. The van der Waals surface area contributed by atoms with Gasteiger partial charge in [-0.05, 0) is 25.5 Å². The summed E-state index contributed by atoms with van der Waals surface area (Å²) in [6.45, 7) is 4.25. The molecule has 7 nitrogen and oxygen atoms in total. The van der Waals surface area contributed by atoms with Gasteiger partial charge in [0, 0.05) is 12.7 Å². The molecule has 0 saturated carbocycles.